The first-order chi connectivity index (χ1) is 9.04. The van der Waals surface area contributed by atoms with Crippen LogP contribution in [0.4, 0.5) is 5.82 Å². The van der Waals surface area contributed by atoms with Crippen molar-refractivity contribution >= 4 is 27.7 Å². The lowest BCUT2D eigenvalue weighted by molar-refractivity contribution is 0.0886. The number of rotatable bonds is 7. The molecule has 0 atom stereocenters. The third-order valence-electron chi connectivity index (χ3n) is 2.22. The number of nitrogens with two attached hydrogens (primary N) is 1. The molecule has 19 heavy (non-hydrogen) atoms. The predicted molar refractivity (Wildman–Crippen MR) is 77.7 cm³/mol. The Bertz CT molecular complexity index is 426. The zero-order valence-electron chi connectivity index (χ0n) is 11.1. The number of hydrazine groups is 1. The van der Waals surface area contributed by atoms with Gasteiger partial charge in [0, 0.05) is 23.8 Å². The van der Waals surface area contributed by atoms with E-state index in [4.69, 9.17) is 10.6 Å². The largest absolute Gasteiger partial charge is 0.379 e. The molecule has 0 fully saturated rings. The van der Waals surface area contributed by atoms with Crippen LogP contribution in [0.3, 0.4) is 0 Å². The van der Waals surface area contributed by atoms with Gasteiger partial charge < -0.3 is 15.5 Å². The molecule has 0 bridgehead atoms. The van der Waals surface area contributed by atoms with Crippen molar-refractivity contribution in [2.24, 2.45) is 11.8 Å². The van der Waals surface area contributed by atoms with E-state index in [2.05, 4.69) is 45.5 Å². The molecule has 0 aliphatic heterocycles. The summed E-state index contributed by atoms with van der Waals surface area (Å²) in [7, 11) is 0. The van der Waals surface area contributed by atoms with Gasteiger partial charge in [-0.25, -0.2) is 10.8 Å². The Balaban J connectivity index is 2.47. The van der Waals surface area contributed by atoms with E-state index >= 15 is 0 Å². The first kappa shape index (κ1) is 15.9. The molecule has 106 valence electrons. The molecular formula is C12H19BrN4O2. The van der Waals surface area contributed by atoms with Crippen molar-refractivity contribution in [3.8, 4) is 0 Å². The zero-order chi connectivity index (χ0) is 14.3. The summed E-state index contributed by atoms with van der Waals surface area (Å²) in [5.74, 6) is 5.90. The lowest BCUT2D eigenvalue weighted by Crippen LogP contribution is -2.29. The fourth-order valence-electron chi connectivity index (χ4n) is 1.38. The van der Waals surface area contributed by atoms with Crippen molar-refractivity contribution in [1.82, 2.24) is 10.3 Å². The average Bonchev–Trinajstić information content (AvgIpc) is 2.37. The van der Waals surface area contributed by atoms with E-state index in [1.807, 2.05) is 0 Å². The molecule has 7 heteroatoms. The van der Waals surface area contributed by atoms with Gasteiger partial charge in [0.15, 0.2) is 5.82 Å². The Morgan fingerprint density at radius 1 is 1.58 bits per heavy atom. The van der Waals surface area contributed by atoms with Crippen LogP contribution in [0.5, 0.6) is 0 Å². The minimum absolute atomic E-state index is 0.241. The maximum atomic E-state index is 12.0. The van der Waals surface area contributed by atoms with E-state index in [0.29, 0.717) is 41.5 Å². The van der Waals surface area contributed by atoms with Crippen molar-refractivity contribution in [3.05, 3.63) is 22.3 Å². The number of carbonyl (C=O) groups excluding carboxylic acids is 1. The lowest BCUT2D eigenvalue weighted by Gasteiger charge is -2.10. The van der Waals surface area contributed by atoms with Gasteiger partial charge in [0.2, 0.25) is 0 Å². The molecule has 0 aromatic carbocycles. The highest BCUT2D eigenvalue weighted by molar-refractivity contribution is 9.10. The summed E-state index contributed by atoms with van der Waals surface area (Å²) in [5, 5.41) is 2.75. The smallest absolute Gasteiger partial charge is 0.255 e. The third kappa shape index (κ3) is 5.54. The van der Waals surface area contributed by atoms with Crippen LogP contribution < -0.4 is 16.6 Å². The van der Waals surface area contributed by atoms with Crippen LogP contribution >= 0.6 is 15.9 Å². The molecular weight excluding hydrogens is 312 g/mol. The van der Waals surface area contributed by atoms with Gasteiger partial charge in [0.1, 0.15) is 0 Å². The predicted octanol–water partition coefficient (Wildman–Crippen LogP) is 1.53. The topological polar surface area (TPSA) is 89.3 Å². The molecule has 0 radical (unpaired) electrons. The summed E-state index contributed by atoms with van der Waals surface area (Å²) in [4.78, 5) is 16.0. The van der Waals surface area contributed by atoms with Crippen LogP contribution in [-0.4, -0.2) is 30.6 Å². The van der Waals surface area contributed by atoms with Gasteiger partial charge in [-0.2, -0.15) is 0 Å². The molecule has 4 N–H and O–H groups in total. The summed E-state index contributed by atoms with van der Waals surface area (Å²) < 4.78 is 6.10. The summed E-state index contributed by atoms with van der Waals surface area (Å²) >= 11 is 3.27. The lowest BCUT2D eigenvalue weighted by atomic mass is 10.2. The van der Waals surface area contributed by atoms with E-state index in [9.17, 15) is 4.79 Å². The fraction of sp³-hybridized carbons (Fsp3) is 0.500. The highest BCUT2D eigenvalue weighted by atomic mass is 79.9. The second kappa shape index (κ2) is 8.08. The van der Waals surface area contributed by atoms with Gasteiger partial charge >= 0.3 is 0 Å². The van der Waals surface area contributed by atoms with Crippen molar-refractivity contribution in [2.45, 2.75) is 13.8 Å². The van der Waals surface area contributed by atoms with Gasteiger partial charge in [-0.05, 0) is 27.9 Å². The number of nitrogens with zero attached hydrogens (tertiary/aromatic N) is 1. The third-order valence-corrected chi connectivity index (χ3v) is 2.65. The molecule has 0 unspecified atom stereocenters. The number of anilines is 1. The number of aromatic nitrogens is 1. The van der Waals surface area contributed by atoms with Crippen LogP contribution in [0.15, 0.2) is 16.7 Å². The Morgan fingerprint density at radius 2 is 2.32 bits per heavy atom. The standard InChI is InChI=1S/C12H19BrN4O2/c1-8(2)7-19-4-3-15-12(18)10-5-9(13)6-16-11(10)17-14/h5-6,8H,3-4,7,14H2,1-2H3,(H,15,18)(H,16,17). The molecule has 0 saturated heterocycles. The van der Waals surface area contributed by atoms with Crippen molar-refractivity contribution in [1.29, 1.82) is 0 Å². The number of hydrogen-bond acceptors (Lipinski definition) is 5. The van der Waals surface area contributed by atoms with Crippen LogP contribution in [-0.2, 0) is 4.74 Å². The molecule has 1 heterocycles. The highest BCUT2D eigenvalue weighted by Gasteiger charge is 2.12. The number of carbonyl (C=O) groups is 1. The SMILES string of the molecule is CC(C)COCCNC(=O)c1cc(Br)cnc1NN. The van der Waals surface area contributed by atoms with Crippen molar-refractivity contribution < 1.29 is 9.53 Å². The molecule has 6 nitrogen and oxygen atoms in total. The number of amides is 1. The summed E-state index contributed by atoms with van der Waals surface area (Å²) in [6.07, 6.45) is 1.57. The van der Waals surface area contributed by atoms with Gasteiger partial charge in [-0.1, -0.05) is 13.8 Å². The fourth-order valence-corrected chi connectivity index (χ4v) is 1.71. The maximum Gasteiger partial charge on any atom is 0.255 e. The summed E-state index contributed by atoms with van der Waals surface area (Å²) in [6.45, 7) is 5.76. The van der Waals surface area contributed by atoms with Gasteiger partial charge in [-0.15, -0.1) is 0 Å². The minimum Gasteiger partial charge on any atom is -0.379 e. The van der Waals surface area contributed by atoms with Gasteiger partial charge in [0.25, 0.3) is 5.91 Å². The second-order valence-electron chi connectivity index (χ2n) is 4.42. The zero-order valence-corrected chi connectivity index (χ0v) is 12.7. The number of pyridine rings is 1. The maximum absolute atomic E-state index is 12.0. The van der Waals surface area contributed by atoms with E-state index in [1.165, 1.54) is 0 Å². The molecule has 0 aliphatic carbocycles. The highest BCUT2D eigenvalue weighted by Crippen LogP contribution is 2.16. The molecule has 0 aliphatic rings. The Kier molecular flexibility index (Phi) is 6.75. The van der Waals surface area contributed by atoms with Crippen LogP contribution in [0.2, 0.25) is 0 Å². The molecule has 1 amide bonds. The molecule has 0 spiro atoms. The van der Waals surface area contributed by atoms with E-state index in [1.54, 1.807) is 12.3 Å². The average molecular weight is 331 g/mol. The monoisotopic (exact) mass is 330 g/mol. The Labute approximate surface area is 121 Å². The van der Waals surface area contributed by atoms with Gasteiger partial charge in [0.05, 0.1) is 12.2 Å². The number of nitrogen functional groups attached to an aromatic ring is 1. The molecule has 1 aromatic rings. The van der Waals surface area contributed by atoms with Crippen molar-refractivity contribution in [3.63, 3.8) is 0 Å². The summed E-state index contributed by atoms with van der Waals surface area (Å²) in [5.41, 5.74) is 2.79. The number of nitrogens with one attached hydrogen (secondary N) is 2. The van der Waals surface area contributed by atoms with Crippen LogP contribution in [0, 0.1) is 5.92 Å². The Morgan fingerprint density at radius 3 is 2.95 bits per heavy atom. The summed E-state index contributed by atoms with van der Waals surface area (Å²) in [6, 6.07) is 1.66. The first-order valence-corrected chi connectivity index (χ1v) is 6.82. The molecule has 0 saturated carbocycles. The minimum atomic E-state index is -0.241. The molecule has 1 aromatic heterocycles. The van der Waals surface area contributed by atoms with Crippen molar-refractivity contribution in [2.75, 3.05) is 25.2 Å². The van der Waals surface area contributed by atoms with E-state index < -0.39 is 0 Å². The number of hydrogen-bond donors (Lipinski definition) is 3. The molecule has 1 rings (SSSR count). The first-order valence-electron chi connectivity index (χ1n) is 6.02. The normalized spacial score (nSPS) is 10.6. The number of halogens is 1. The van der Waals surface area contributed by atoms with Gasteiger partial charge in [-0.3, -0.25) is 4.79 Å². The van der Waals surface area contributed by atoms with E-state index in [0.717, 1.165) is 0 Å². The number of ether oxygens (including phenoxy) is 1. The Hall–Kier alpha value is -1.18. The van der Waals surface area contributed by atoms with Crippen LogP contribution in [0.1, 0.15) is 24.2 Å². The second-order valence-corrected chi connectivity index (χ2v) is 5.33. The van der Waals surface area contributed by atoms with E-state index in [-0.39, 0.29) is 5.91 Å². The van der Waals surface area contributed by atoms with Crippen LogP contribution in [0.25, 0.3) is 0 Å². The quantitative estimate of drug-likeness (QED) is 0.401.